The van der Waals surface area contributed by atoms with Gasteiger partial charge in [-0.1, -0.05) is 114 Å². The van der Waals surface area contributed by atoms with Crippen molar-refractivity contribution >= 4 is 5.91 Å². The molecule has 27 heavy (non-hydrogen) atoms. The Balaban J connectivity index is 1.93. The average Bonchev–Trinajstić information content (AvgIpc) is 2.70. The molecule has 3 heteroatoms. The number of rotatable bonds is 17. The van der Waals surface area contributed by atoms with Crippen LogP contribution in [0.5, 0.6) is 0 Å². The minimum absolute atomic E-state index is 0.0426. The molecule has 1 atom stereocenters. The van der Waals surface area contributed by atoms with Crippen molar-refractivity contribution in [3.63, 3.8) is 0 Å². The third-order valence-corrected chi connectivity index (χ3v) is 5.23. The molecule has 0 fully saturated rings. The van der Waals surface area contributed by atoms with Gasteiger partial charge in [-0.15, -0.1) is 0 Å². The predicted molar refractivity (Wildman–Crippen MR) is 115 cm³/mol. The number of hydrogen-bond donors (Lipinski definition) is 2. The molecule has 0 spiro atoms. The van der Waals surface area contributed by atoms with E-state index in [-0.39, 0.29) is 18.6 Å². The second-order valence-corrected chi connectivity index (χ2v) is 7.71. The highest BCUT2D eigenvalue weighted by Crippen LogP contribution is 2.14. The summed E-state index contributed by atoms with van der Waals surface area (Å²) in [6.07, 6.45) is 17.6. The summed E-state index contributed by atoms with van der Waals surface area (Å²) >= 11 is 0. The Morgan fingerprint density at radius 1 is 0.815 bits per heavy atom. The lowest BCUT2D eigenvalue weighted by atomic mass is 10.0. The van der Waals surface area contributed by atoms with Crippen LogP contribution < -0.4 is 5.32 Å². The minimum atomic E-state index is -0.291. The molecular weight excluding hydrogens is 334 g/mol. The van der Waals surface area contributed by atoms with Gasteiger partial charge in [-0.05, 0) is 12.0 Å². The normalized spacial score (nSPS) is 12.1. The number of carbonyl (C=O) groups is 1. The van der Waals surface area contributed by atoms with Crippen LogP contribution in [0.1, 0.15) is 108 Å². The molecule has 1 aromatic rings. The Morgan fingerprint density at radius 3 is 1.78 bits per heavy atom. The summed E-state index contributed by atoms with van der Waals surface area (Å²) in [5, 5.41) is 12.4. The van der Waals surface area contributed by atoms with E-state index in [0.717, 1.165) is 18.4 Å². The molecule has 0 radical (unpaired) electrons. The number of hydrogen-bond acceptors (Lipinski definition) is 2. The molecule has 0 bridgehead atoms. The van der Waals surface area contributed by atoms with Crippen molar-refractivity contribution in [1.29, 1.82) is 0 Å². The fourth-order valence-corrected chi connectivity index (χ4v) is 3.49. The van der Waals surface area contributed by atoms with Crippen LogP contribution in [0.2, 0.25) is 0 Å². The maximum absolute atomic E-state index is 12.1. The zero-order chi connectivity index (χ0) is 19.6. The number of nitrogens with one attached hydrogen (secondary N) is 1. The fourth-order valence-electron chi connectivity index (χ4n) is 3.49. The quantitative estimate of drug-likeness (QED) is 0.313. The number of aliphatic hydroxyl groups is 1. The molecule has 0 aliphatic heterocycles. The second kappa shape index (κ2) is 16.8. The Morgan fingerprint density at radius 2 is 1.30 bits per heavy atom. The van der Waals surface area contributed by atoms with Crippen molar-refractivity contribution in [2.24, 2.45) is 0 Å². The van der Waals surface area contributed by atoms with Crippen molar-refractivity contribution in [3.05, 3.63) is 35.9 Å². The summed E-state index contributed by atoms with van der Waals surface area (Å²) in [7, 11) is 0. The molecule has 1 rings (SSSR count). The molecule has 0 saturated carbocycles. The van der Waals surface area contributed by atoms with Gasteiger partial charge in [0.15, 0.2) is 0 Å². The Bertz CT molecular complexity index is 461. The van der Waals surface area contributed by atoms with E-state index < -0.39 is 0 Å². The molecule has 0 saturated heterocycles. The van der Waals surface area contributed by atoms with Gasteiger partial charge < -0.3 is 10.4 Å². The van der Waals surface area contributed by atoms with Crippen molar-refractivity contribution < 1.29 is 9.90 Å². The smallest absolute Gasteiger partial charge is 0.220 e. The van der Waals surface area contributed by atoms with E-state index in [1.54, 1.807) is 0 Å². The van der Waals surface area contributed by atoms with Crippen LogP contribution in [0.4, 0.5) is 0 Å². The third-order valence-electron chi connectivity index (χ3n) is 5.23. The average molecular weight is 376 g/mol. The molecule has 2 N–H and O–H groups in total. The van der Waals surface area contributed by atoms with Gasteiger partial charge in [0, 0.05) is 6.42 Å². The first-order chi connectivity index (χ1) is 13.3. The summed E-state index contributed by atoms with van der Waals surface area (Å²) in [5.41, 5.74) is 0.957. The van der Waals surface area contributed by atoms with Crippen LogP contribution in [-0.2, 0) is 4.79 Å². The SMILES string of the molecule is CCCCCCCCCCCCCCCC(=O)N[C@@H](CO)c1ccccc1. The molecule has 0 unspecified atom stereocenters. The highest BCUT2D eigenvalue weighted by Gasteiger charge is 2.12. The highest BCUT2D eigenvalue weighted by atomic mass is 16.3. The molecule has 0 aliphatic carbocycles. The van der Waals surface area contributed by atoms with Crippen molar-refractivity contribution in [2.75, 3.05) is 6.61 Å². The van der Waals surface area contributed by atoms with Gasteiger partial charge in [-0.2, -0.15) is 0 Å². The first kappa shape index (κ1) is 23.7. The number of unbranched alkanes of at least 4 members (excludes halogenated alkanes) is 12. The van der Waals surface area contributed by atoms with Gasteiger partial charge in [0.25, 0.3) is 0 Å². The van der Waals surface area contributed by atoms with Crippen LogP contribution in [0.25, 0.3) is 0 Å². The van der Waals surface area contributed by atoms with Crippen LogP contribution in [0, 0.1) is 0 Å². The topological polar surface area (TPSA) is 49.3 Å². The van der Waals surface area contributed by atoms with Gasteiger partial charge in [0.05, 0.1) is 12.6 Å². The highest BCUT2D eigenvalue weighted by molar-refractivity contribution is 5.76. The number of carbonyl (C=O) groups excluding carboxylic acids is 1. The zero-order valence-electron chi connectivity index (χ0n) is 17.4. The summed E-state index contributed by atoms with van der Waals surface area (Å²) in [4.78, 5) is 12.1. The van der Waals surface area contributed by atoms with E-state index in [0.29, 0.717) is 6.42 Å². The molecule has 0 heterocycles. The number of aliphatic hydroxyl groups excluding tert-OH is 1. The second-order valence-electron chi connectivity index (χ2n) is 7.71. The third kappa shape index (κ3) is 12.6. The van der Waals surface area contributed by atoms with Crippen molar-refractivity contribution in [1.82, 2.24) is 5.32 Å². The maximum atomic E-state index is 12.1. The van der Waals surface area contributed by atoms with E-state index in [2.05, 4.69) is 12.2 Å². The Kier molecular flexibility index (Phi) is 14.7. The van der Waals surface area contributed by atoms with Gasteiger partial charge in [0.1, 0.15) is 0 Å². The molecule has 154 valence electrons. The molecular formula is C24H41NO2. The van der Waals surface area contributed by atoms with Crippen LogP contribution in [0.15, 0.2) is 30.3 Å². The van der Waals surface area contributed by atoms with E-state index in [1.807, 2.05) is 30.3 Å². The van der Waals surface area contributed by atoms with Gasteiger partial charge in [0.2, 0.25) is 5.91 Å². The Hall–Kier alpha value is -1.35. The van der Waals surface area contributed by atoms with Crippen molar-refractivity contribution in [2.45, 2.75) is 103 Å². The monoisotopic (exact) mass is 375 g/mol. The molecule has 1 aromatic carbocycles. The van der Waals surface area contributed by atoms with Crippen LogP contribution >= 0.6 is 0 Å². The van der Waals surface area contributed by atoms with Gasteiger partial charge in [-0.3, -0.25) is 4.79 Å². The number of amides is 1. The van der Waals surface area contributed by atoms with Crippen LogP contribution in [0.3, 0.4) is 0 Å². The molecule has 0 aromatic heterocycles. The first-order valence-corrected chi connectivity index (χ1v) is 11.2. The fraction of sp³-hybridized carbons (Fsp3) is 0.708. The lowest BCUT2D eigenvalue weighted by Crippen LogP contribution is -2.30. The summed E-state index contributed by atoms with van der Waals surface area (Å²) < 4.78 is 0. The molecule has 1 amide bonds. The largest absolute Gasteiger partial charge is 0.394 e. The summed E-state index contributed by atoms with van der Waals surface area (Å²) in [5.74, 6) is 0.0426. The van der Waals surface area contributed by atoms with Gasteiger partial charge in [-0.25, -0.2) is 0 Å². The van der Waals surface area contributed by atoms with E-state index >= 15 is 0 Å². The number of benzene rings is 1. The van der Waals surface area contributed by atoms with Crippen molar-refractivity contribution in [3.8, 4) is 0 Å². The predicted octanol–water partition coefficient (Wildman–Crippen LogP) is 6.32. The van der Waals surface area contributed by atoms with Crippen LogP contribution in [-0.4, -0.2) is 17.6 Å². The minimum Gasteiger partial charge on any atom is -0.394 e. The summed E-state index contributed by atoms with van der Waals surface area (Å²) in [6.45, 7) is 2.21. The van der Waals surface area contributed by atoms with E-state index in [4.69, 9.17) is 0 Å². The lowest BCUT2D eigenvalue weighted by Gasteiger charge is -2.16. The first-order valence-electron chi connectivity index (χ1n) is 11.2. The standard InChI is InChI=1S/C24H41NO2/c1-2-3-4-5-6-7-8-9-10-11-12-13-17-20-24(27)25-23(21-26)22-18-15-14-16-19-22/h14-16,18-19,23,26H,2-13,17,20-21H2,1H3,(H,25,27)/t23-/m0/s1. The van der Waals surface area contributed by atoms with E-state index in [9.17, 15) is 9.90 Å². The molecule has 3 nitrogen and oxygen atoms in total. The van der Waals surface area contributed by atoms with E-state index in [1.165, 1.54) is 70.6 Å². The molecule has 0 aliphatic rings. The van der Waals surface area contributed by atoms with Gasteiger partial charge >= 0.3 is 0 Å². The Labute approximate surface area is 167 Å². The lowest BCUT2D eigenvalue weighted by molar-refractivity contribution is -0.122. The summed E-state index contributed by atoms with van der Waals surface area (Å²) in [6, 6.07) is 9.37. The maximum Gasteiger partial charge on any atom is 0.220 e. The zero-order valence-corrected chi connectivity index (χ0v) is 17.4.